The van der Waals surface area contributed by atoms with E-state index in [2.05, 4.69) is 15.0 Å². The topological polar surface area (TPSA) is 91.4 Å². The molecule has 10 heteroatoms. The Balaban J connectivity index is 1.77. The first-order valence-electron chi connectivity index (χ1n) is 9.14. The smallest absolute Gasteiger partial charge is 0.261 e. The predicted octanol–water partition coefficient (Wildman–Crippen LogP) is 3.67. The average Bonchev–Trinajstić information content (AvgIpc) is 2.74. The van der Waals surface area contributed by atoms with E-state index in [0.29, 0.717) is 0 Å². The molecule has 0 unspecified atom stereocenters. The van der Waals surface area contributed by atoms with E-state index in [-0.39, 0.29) is 27.7 Å². The van der Waals surface area contributed by atoms with Crippen LogP contribution < -0.4 is 14.9 Å². The lowest BCUT2D eigenvalue weighted by Crippen LogP contribution is -2.24. The van der Waals surface area contributed by atoms with E-state index in [1.165, 1.54) is 30.3 Å². The van der Waals surface area contributed by atoms with Crippen LogP contribution >= 0.6 is 11.6 Å². The van der Waals surface area contributed by atoms with Crippen molar-refractivity contribution in [3.8, 4) is 0 Å². The molecule has 3 aromatic rings. The van der Waals surface area contributed by atoms with E-state index in [4.69, 9.17) is 11.6 Å². The molecule has 0 aliphatic heterocycles. The van der Waals surface area contributed by atoms with E-state index in [1.54, 1.807) is 12.3 Å². The monoisotopic (exact) mass is 462 g/mol. The van der Waals surface area contributed by atoms with Gasteiger partial charge in [0.15, 0.2) is 0 Å². The van der Waals surface area contributed by atoms with Crippen molar-refractivity contribution in [3.05, 3.63) is 82.8 Å². The Labute approximate surface area is 184 Å². The summed E-state index contributed by atoms with van der Waals surface area (Å²) in [5, 5.41) is 2.84. The van der Waals surface area contributed by atoms with Gasteiger partial charge in [0, 0.05) is 32.5 Å². The standard InChI is InChI=1S/C21H20ClFN4O3S/c1-27(2)20-11-14(9-10-24-20)13-25-21(28)18-12-17(7-8-19(18)22)31(29,30)26-16-5-3-15(23)4-6-16/h3-12,26H,13H2,1-2H3,(H,25,28). The second-order valence-corrected chi connectivity index (χ2v) is 8.94. The van der Waals surface area contributed by atoms with Gasteiger partial charge in [-0.05, 0) is 60.2 Å². The summed E-state index contributed by atoms with van der Waals surface area (Å²) in [4.78, 5) is 18.6. The van der Waals surface area contributed by atoms with Crippen molar-refractivity contribution in [3.63, 3.8) is 0 Å². The molecule has 0 saturated heterocycles. The van der Waals surface area contributed by atoms with Gasteiger partial charge in [-0.3, -0.25) is 9.52 Å². The Kier molecular flexibility index (Phi) is 6.77. The van der Waals surface area contributed by atoms with Crippen LogP contribution in [0.3, 0.4) is 0 Å². The zero-order valence-corrected chi connectivity index (χ0v) is 18.3. The molecule has 0 aliphatic carbocycles. The maximum atomic E-state index is 13.0. The van der Waals surface area contributed by atoms with Gasteiger partial charge in [-0.25, -0.2) is 17.8 Å². The number of amides is 1. The molecule has 2 aromatic carbocycles. The number of nitrogens with one attached hydrogen (secondary N) is 2. The fraction of sp³-hybridized carbons (Fsp3) is 0.143. The number of carbonyl (C=O) groups is 1. The van der Waals surface area contributed by atoms with Crippen LogP contribution in [-0.2, 0) is 16.6 Å². The molecule has 1 amide bonds. The molecule has 3 rings (SSSR count). The van der Waals surface area contributed by atoms with E-state index >= 15 is 0 Å². The minimum absolute atomic E-state index is 0.0190. The molecule has 0 fully saturated rings. The minimum Gasteiger partial charge on any atom is -0.363 e. The van der Waals surface area contributed by atoms with Crippen molar-refractivity contribution in [2.24, 2.45) is 0 Å². The van der Waals surface area contributed by atoms with Crippen molar-refractivity contribution in [1.82, 2.24) is 10.3 Å². The quantitative estimate of drug-likeness (QED) is 0.559. The first-order chi connectivity index (χ1) is 14.7. The Bertz CT molecular complexity index is 1200. The Morgan fingerprint density at radius 2 is 1.81 bits per heavy atom. The van der Waals surface area contributed by atoms with Crippen LogP contribution in [-0.4, -0.2) is 33.4 Å². The number of aromatic nitrogens is 1. The number of hydrogen-bond acceptors (Lipinski definition) is 5. The summed E-state index contributed by atoms with van der Waals surface area (Å²) in [6, 6.07) is 12.3. The lowest BCUT2D eigenvalue weighted by atomic mass is 10.2. The molecule has 0 saturated carbocycles. The van der Waals surface area contributed by atoms with Gasteiger partial charge in [-0.1, -0.05) is 11.6 Å². The lowest BCUT2D eigenvalue weighted by Gasteiger charge is -2.13. The van der Waals surface area contributed by atoms with Crippen molar-refractivity contribution in [2.45, 2.75) is 11.4 Å². The molecule has 31 heavy (non-hydrogen) atoms. The Morgan fingerprint density at radius 1 is 1.10 bits per heavy atom. The summed E-state index contributed by atoms with van der Waals surface area (Å²) in [7, 11) is -0.291. The SMILES string of the molecule is CN(C)c1cc(CNC(=O)c2cc(S(=O)(=O)Nc3ccc(F)cc3)ccc2Cl)ccn1. The molecule has 0 radical (unpaired) electrons. The number of carbonyl (C=O) groups excluding carboxylic acids is 1. The van der Waals surface area contributed by atoms with E-state index in [9.17, 15) is 17.6 Å². The number of nitrogens with zero attached hydrogens (tertiary/aromatic N) is 2. The van der Waals surface area contributed by atoms with Gasteiger partial charge < -0.3 is 10.2 Å². The van der Waals surface area contributed by atoms with Crippen LogP contribution in [0.25, 0.3) is 0 Å². The molecule has 0 bridgehead atoms. The van der Waals surface area contributed by atoms with Crippen LogP contribution in [0.2, 0.25) is 5.02 Å². The highest BCUT2D eigenvalue weighted by molar-refractivity contribution is 7.92. The van der Waals surface area contributed by atoms with E-state index in [0.717, 1.165) is 23.5 Å². The van der Waals surface area contributed by atoms with Crippen LogP contribution in [0.15, 0.2) is 65.7 Å². The van der Waals surface area contributed by atoms with Gasteiger partial charge in [0.05, 0.1) is 15.5 Å². The molecule has 7 nitrogen and oxygen atoms in total. The fourth-order valence-electron chi connectivity index (χ4n) is 2.67. The van der Waals surface area contributed by atoms with Gasteiger partial charge in [-0.15, -0.1) is 0 Å². The number of rotatable bonds is 7. The third kappa shape index (κ3) is 5.71. The molecule has 0 atom stereocenters. The molecular weight excluding hydrogens is 443 g/mol. The fourth-order valence-corrected chi connectivity index (χ4v) is 3.96. The Hall–Kier alpha value is -3.17. The van der Waals surface area contributed by atoms with Crippen molar-refractivity contribution >= 4 is 39.0 Å². The van der Waals surface area contributed by atoms with Crippen LogP contribution in [0.5, 0.6) is 0 Å². The van der Waals surface area contributed by atoms with Crippen molar-refractivity contribution in [2.75, 3.05) is 23.7 Å². The van der Waals surface area contributed by atoms with Crippen molar-refractivity contribution in [1.29, 1.82) is 0 Å². The molecule has 1 heterocycles. The number of pyridine rings is 1. The highest BCUT2D eigenvalue weighted by Gasteiger charge is 2.19. The molecule has 162 valence electrons. The van der Waals surface area contributed by atoms with Gasteiger partial charge in [0.25, 0.3) is 15.9 Å². The summed E-state index contributed by atoms with van der Waals surface area (Å²) in [5.74, 6) is -0.267. The summed E-state index contributed by atoms with van der Waals surface area (Å²) < 4.78 is 40.7. The molecule has 1 aromatic heterocycles. The number of benzene rings is 2. The van der Waals surface area contributed by atoms with Gasteiger partial charge >= 0.3 is 0 Å². The first-order valence-corrected chi connectivity index (χ1v) is 11.0. The first kappa shape index (κ1) is 22.5. The summed E-state index contributed by atoms with van der Waals surface area (Å²) in [6.45, 7) is 0.212. The third-order valence-corrected chi connectivity index (χ3v) is 6.02. The zero-order valence-electron chi connectivity index (χ0n) is 16.8. The van der Waals surface area contributed by atoms with Gasteiger partial charge in [0.2, 0.25) is 0 Å². The van der Waals surface area contributed by atoms with Crippen LogP contribution in [0.1, 0.15) is 15.9 Å². The van der Waals surface area contributed by atoms with Gasteiger partial charge in [0.1, 0.15) is 11.6 Å². The van der Waals surface area contributed by atoms with Crippen LogP contribution in [0, 0.1) is 5.82 Å². The maximum Gasteiger partial charge on any atom is 0.261 e. The molecule has 2 N–H and O–H groups in total. The molecule has 0 aliphatic rings. The minimum atomic E-state index is -4.01. The number of halogens is 2. The zero-order chi connectivity index (χ0) is 22.6. The van der Waals surface area contributed by atoms with E-state index < -0.39 is 21.7 Å². The molecule has 0 spiro atoms. The van der Waals surface area contributed by atoms with E-state index in [1.807, 2.05) is 25.1 Å². The lowest BCUT2D eigenvalue weighted by molar-refractivity contribution is 0.0951. The van der Waals surface area contributed by atoms with Gasteiger partial charge in [-0.2, -0.15) is 0 Å². The summed E-state index contributed by atoms with van der Waals surface area (Å²) >= 11 is 6.13. The second-order valence-electron chi connectivity index (χ2n) is 6.85. The average molecular weight is 463 g/mol. The summed E-state index contributed by atoms with van der Waals surface area (Å²) in [6.07, 6.45) is 1.64. The Morgan fingerprint density at radius 3 is 2.48 bits per heavy atom. The van der Waals surface area contributed by atoms with Crippen molar-refractivity contribution < 1.29 is 17.6 Å². The highest BCUT2D eigenvalue weighted by Crippen LogP contribution is 2.23. The molecular formula is C21H20ClFN4O3S. The largest absolute Gasteiger partial charge is 0.363 e. The predicted molar refractivity (Wildman–Crippen MR) is 118 cm³/mol. The normalized spacial score (nSPS) is 11.1. The third-order valence-electron chi connectivity index (χ3n) is 4.31. The highest BCUT2D eigenvalue weighted by atomic mass is 35.5. The van der Waals surface area contributed by atoms with Crippen LogP contribution in [0.4, 0.5) is 15.9 Å². The second kappa shape index (κ2) is 9.32. The number of sulfonamides is 1. The summed E-state index contributed by atoms with van der Waals surface area (Å²) in [5.41, 5.74) is 1.03. The number of anilines is 2. The number of hydrogen-bond donors (Lipinski definition) is 2. The maximum absolute atomic E-state index is 13.0.